The molecule has 0 spiro atoms. The maximum absolute atomic E-state index is 5.74. The lowest BCUT2D eigenvalue weighted by Crippen LogP contribution is -2.13. The monoisotopic (exact) mass is 156 g/mol. The summed E-state index contributed by atoms with van der Waals surface area (Å²) in [7, 11) is -1.03. The van der Waals surface area contributed by atoms with Gasteiger partial charge in [0, 0.05) is 5.00 Å². The Balaban J connectivity index is 3.14. The molecular weight excluding hydrogens is 147 g/mol. The van der Waals surface area contributed by atoms with E-state index in [2.05, 4.69) is 6.92 Å². The zero-order valence-electron chi connectivity index (χ0n) is 4.62. The van der Waals surface area contributed by atoms with Crippen LogP contribution in [0, 0.1) is 0 Å². The molecule has 0 nitrogen and oxygen atoms in total. The minimum atomic E-state index is -1.03. The van der Waals surface area contributed by atoms with Crippen molar-refractivity contribution in [2.75, 3.05) is 0 Å². The van der Waals surface area contributed by atoms with Gasteiger partial charge in [-0.05, 0) is 6.42 Å². The third-order valence-electron chi connectivity index (χ3n) is 0.888. The van der Waals surface area contributed by atoms with Crippen LogP contribution in [0.3, 0.4) is 0 Å². The molecule has 0 saturated carbocycles. The van der Waals surface area contributed by atoms with E-state index in [-0.39, 0.29) is 5.00 Å². The van der Waals surface area contributed by atoms with Crippen molar-refractivity contribution in [2.45, 2.75) is 24.9 Å². The first-order valence-electron chi connectivity index (χ1n) is 2.46. The summed E-state index contributed by atoms with van der Waals surface area (Å²) in [5.74, 6) is 0. The van der Waals surface area contributed by atoms with Crippen LogP contribution in [0.1, 0.15) is 13.3 Å². The Morgan fingerprint density at radius 1 is 1.71 bits per heavy atom. The van der Waals surface area contributed by atoms with Crippen molar-refractivity contribution in [2.24, 2.45) is 0 Å². The van der Waals surface area contributed by atoms with E-state index >= 15 is 0 Å². The third-order valence-corrected chi connectivity index (χ3v) is 5.10. The molecule has 0 heterocycles. The first-order chi connectivity index (χ1) is 3.18. The fourth-order valence-electron chi connectivity index (χ4n) is 0.325. The zero-order valence-corrected chi connectivity index (χ0v) is 7.28. The Morgan fingerprint density at radius 2 is 2.14 bits per heavy atom. The molecule has 0 aliphatic carbocycles. The van der Waals surface area contributed by atoms with Gasteiger partial charge in [0.1, 0.15) is 0 Å². The number of halogens is 2. The molecule has 0 aromatic rings. The lowest BCUT2D eigenvalue weighted by molar-refractivity contribution is 1.02. The minimum Gasteiger partial charge on any atom is -0.170 e. The highest BCUT2D eigenvalue weighted by molar-refractivity contribution is 7.09. The van der Waals surface area contributed by atoms with Gasteiger partial charge >= 0.3 is 0 Å². The van der Waals surface area contributed by atoms with Crippen LogP contribution in [0.2, 0.25) is 6.55 Å². The normalized spacial score (nSPS) is 18.9. The van der Waals surface area contributed by atoms with Crippen LogP contribution < -0.4 is 0 Å². The molecule has 0 saturated heterocycles. The average Bonchev–Trinajstić information content (AvgIpc) is 1.65. The molecule has 2 unspecified atom stereocenters. The van der Waals surface area contributed by atoms with Crippen LogP contribution in [-0.2, 0) is 0 Å². The van der Waals surface area contributed by atoms with Crippen LogP contribution in [0.15, 0.2) is 0 Å². The van der Waals surface area contributed by atoms with Gasteiger partial charge < -0.3 is 0 Å². The van der Waals surface area contributed by atoms with Crippen LogP contribution in [0.5, 0.6) is 0 Å². The molecule has 0 aromatic heterocycles. The van der Waals surface area contributed by atoms with Crippen molar-refractivity contribution < 1.29 is 0 Å². The van der Waals surface area contributed by atoms with E-state index < -0.39 is 8.11 Å². The van der Waals surface area contributed by atoms with Gasteiger partial charge in [-0.15, -0.1) is 11.6 Å². The molecule has 7 heavy (non-hydrogen) atoms. The summed E-state index contributed by atoms with van der Waals surface area (Å²) in [5.41, 5.74) is 0. The highest BCUT2D eigenvalue weighted by atomic mass is 35.6. The van der Waals surface area contributed by atoms with Gasteiger partial charge in [0.15, 0.2) is 8.11 Å². The van der Waals surface area contributed by atoms with Crippen LogP contribution in [0.25, 0.3) is 0 Å². The van der Waals surface area contributed by atoms with Crippen molar-refractivity contribution in [3.05, 3.63) is 0 Å². The van der Waals surface area contributed by atoms with Crippen molar-refractivity contribution in [1.29, 1.82) is 0 Å². The number of hydrogen-bond donors (Lipinski definition) is 0. The molecule has 3 heteroatoms. The standard InChI is InChI=1S/C4H10Cl2Si/c1-3-4(5)7(2)6/h4,7H,3H2,1-2H3. The number of hydrogen-bond acceptors (Lipinski definition) is 0. The summed E-state index contributed by atoms with van der Waals surface area (Å²) in [6, 6.07) is 0. The second kappa shape index (κ2) is 3.76. The van der Waals surface area contributed by atoms with Gasteiger partial charge in [0.05, 0.1) is 0 Å². The van der Waals surface area contributed by atoms with Crippen molar-refractivity contribution in [3.63, 3.8) is 0 Å². The van der Waals surface area contributed by atoms with Gasteiger partial charge in [0.2, 0.25) is 0 Å². The number of rotatable bonds is 2. The first-order valence-corrected chi connectivity index (χ1v) is 6.47. The summed E-state index contributed by atoms with van der Waals surface area (Å²) in [6.07, 6.45) is 1.01. The Bertz CT molecular complexity index is 47.0. The summed E-state index contributed by atoms with van der Waals surface area (Å²) in [6.45, 7) is 4.10. The van der Waals surface area contributed by atoms with E-state index in [1.165, 1.54) is 0 Å². The van der Waals surface area contributed by atoms with Crippen molar-refractivity contribution in [1.82, 2.24) is 0 Å². The molecule has 0 radical (unpaired) electrons. The highest BCUT2D eigenvalue weighted by Crippen LogP contribution is 2.07. The molecule has 0 bridgehead atoms. The molecule has 0 amide bonds. The van der Waals surface area contributed by atoms with E-state index in [0.29, 0.717) is 0 Å². The van der Waals surface area contributed by atoms with Gasteiger partial charge in [-0.2, -0.15) is 11.1 Å². The fraction of sp³-hybridized carbons (Fsp3) is 1.00. The molecule has 0 fully saturated rings. The Kier molecular flexibility index (Phi) is 4.18. The lowest BCUT2D eigenvalue weighted by atomic mass is 10.6. The molecular formula is C4H10Cl2Si. The van der Waals surface area contributed by atoms with Crippen molar-refractivity contribution in [3.8, 4) is 0 Å². The topological polar surface area (TPSA) is 0 Å². The Hall–Kier alpha value is 0.797. The fourth-order valence-corrected chi connectivity index (χ4v) is 1.51. The van der Waals surface area contributed by atoms with Gasteiger partial charge in [-0.1, -0.05) is 13.5 Å². The Labute approximate surface area is 56.1 Å². The predicted molar refractivity (Wildman–Crippen MR) is 38.8 cm³/mol. The van der Waals surface area contributed by atoms with Crippen LogP contribution >= 0.6 is 22.7 Å². The van der Waals surface area contributed by atoms with E-state index in [4.69, 9.17) is 22.7 Å². The number of alkyl halides is 1. The molecule has 0 N–H and O–H groups in total. The summed E-state index contributed by atoms with van der Waals surface area (Å²) in [5, 5.41) is 0.279. The summed E-state index contributed by atoms with van der Waals surface area (Å²) in [4.78, 5) is 0. The molecule has 0 aliphatic heterocycles. The average molecular weight is 157 g/mol. The molecule has 0 rings (SSSR count). The van der Waals surface area contributed by atoms with Gasteiger partial charge in [-0.25, -0.2) is 0 Å². The summed E-state index contributed by atoms with van der Waals surface area (Å²) < 4.78 is 0. The van der Waals surface area contributed by atoms with Crippen molar-refractivity contribution >= 4 is 30.8 Å². The maximum atomic E-state index is 5.74. The second-order valence-electron chi connectivity index (χ2n) is 1.60. The molecule has 0 aliphatic rings. The van der Waals surface area contributed by atoms with Gasteiger partial charge in [0.25, 0.3) is 0 Å². The van der Waals surface area contributed by atoms with E-state index in [0.717, 1.165) is 6.42 Å². The molecule has 0 aromatic carbocycles. The SMILES string of the molecule is CCC(Cl)[SiH](C)Cl. The third kappa shape index (κ3) is 3.39. The van der Waals surface area contributed by atoms with E-state index in [1.54, 1.807) is 0 Å². The lowest BCUT2D eigenvalue weighted by Gasteiger charge is -2.03. The molecule has 44 valence electrons. The van der Waals surface area contributed by atoms with Crippen LogP contribution in [0.4, 0.5) is 0 Å². The Morgan fingerprint density at radius 3 is 2.14 bits per heavy atom. The largest absolute Gasteiger partial charge is 0.170 e. The first kappa shape index (κ1) is 7.80. The zero-order chi connectivity index (χ0) is 5.86. The maximum Gasteiger partial charge on any atom is 0.155 e. The predicted octanol–water partition coefficient (Wildman–Crippen LogP) is 2.14. The summed E-state index contributed by atoms with van der Waals surface area (Å²) >= 11 is 11.5. The van der Waals surface area contributed by atoms with Gasteiger partial charge in [-0.3, -0.25) is 0 Å². The van der Waals surface area contributed by atoms with Crippen LogP contribution in [-0.4, -0.2) is 13.1 Å². The highest BCUT2D eigenvalue weighted by Gasteiger charge is 2.08. The quantitative estimate of drug-likeness (QED) is 0.327. The second-order valence-corrected chi connectivity index (χ2v) is 6.81. The van der Waals surface area contributed by atoms with E-state index in [1.807, 2.05) is 6.55 Å². The van der Waals surface area contributed by atoms with E-state index in [9.17, 15) is 0 Å². The smallest absolute Gasteiger partial charge is 0.155 e. The minimum absolute atomic E-state index is 0.279. The molecule has 2 atom stereocenters.